The number of thiazole rings is 1. The molecule has 0 saturated heterocycles. The van der Waals surface area contributed by atoms with Gasteiger partial charge in [0.25, 0.3) is 0 Å². The number of isocyanates is 1. The van der Waals surface area contributed by atoms with Crippen molar-refractivity contribution >= 4 is 27.6 Å². The van der Waals surface area contributed by atoms with Crippen molar-refractivity contribution in [3.05, 3.63) is 28.8 Å². The van der Waals surface area contributed by atoms with Gasteiger partial charge in [0.05, 0.1) is 15.2 Å². The molecule has 20 heavy (non-hydrogen) atoms. The van der Waals surface area contributed by atoms with Crippen molar-refractivity contribution in [3.8, 4) is 0 Å². The molecule has 3 nitrogen and oxygen atoms in total. The van der Waals surface area contributed by atoms with Crippen molar-refractivity contribution in [2.75, 3.05) is 0 Å². The molecule has 0 atom stereocenters. The Kier molecular flexibility index (Phi) is 3.03. The van der Waals surface area contributed by atoms with E-state index < -0.39 is 0 Å². The molecule has 0 aliphatic heterocycles. The lowest BCUT2D eigenvalue weighted by atomic mass is 9.72. The van der Waals surface area contributed by atoms with E-state index in [1.54, 1.807) is 17.4 Å². The number of hydrogen-bond donors (Lipinski definition) is 0. The first-order chi connectivity index (χ1) is 9.46. The minimum Gasteiger partial charge on any atom is -0.240 e. The average Bonchev–Trinajstić information content (AvgIpc) is 2.77. The van der Waals surface area contributed by atoms with E-state index in [1.807, 2.05) is 6.07 Å². The quantitative estimate of drug-likeness (QED) is 0.610. The molecule has 1 aliphatic carbocycles. The van der Waals surface area contributed by atoms with Crippen molar-refractivity contribution in [2.24, 2.45) is 4.99 Å². The van der Waals surface area contributed by atoms with Crippen LogP contribution in [0, 0.1) is 0 Å². The normalized spacial score (nSPS) is 17.6. The van der Waals surface area contributed by atoms with Crippen LogP contribution in [0.4, 0.5) is 0 Å². The Morgan fingerprint density at radius 2 is 2.10 bits per heavy atom. The number of aliphatic imine (C=N–C) groups is 1. The summed E-state index contributed by atoms with van der Waals surface area (Å²) in [4.78, 5) is 19.7. The van der Waals surface area contributed by atoms with Gasteiger partial charge in [-0.3, -0.25) is 0 Å². The van der Waals surface area contributed by atoms with Gasteiger partial charge >= 0.3 is 0 Å². The molecule has 0 bridgehead atoms. The van der Waals surface area contributed by atoms with E-state index in [9.17, 15) is 4.79 Å². The van der Waals surface area contributed by atoms with Crippen LogP contribution in [0.1, 0.15) is 50.6 Å². The molecular weight excluding hydrogens is 268 g/mol. The van der Waals surface area contributed by atoms with E-state index in [0.29, 0.717) is 0 Å². The van der Waals surface area contributed by atoms with E-state index in [2.05, 4.69) is 37.9 Å². The highest BCUT2D eigenvalue weighted by molar-refractivity contribution is 7.18. The molecule has 0 amide bonds. The van der Waals surface area contributed by atoms with E-state index >= 15 is 0 Å². The third-order valence-corrected chi connectivity index (χ3v) is 5.45. The summed E-state index contributed by atoms with van der Waals surface area (Å²) in [6, 6.07) is 6.21. The first-order valence-electron chi connectivity index (χ1n) is 6.96. The maximum absolute atomic E-state index is 10.8. The summed E-state index contributed by atoms with van der Waals surface area (Å²) in [5.74, 6) is 0. The number of para-hydroxylation sites is 1. The lowest BCUT2D eigenvalue weighted by Gasteiger charge is -2.37. The van der Waals surface area contributed by atoms with Gasteiger partial charge < -0.3 is 0 Å². The number of rotatable bonds is 2. The minimum atomic E-state index is -0.371. The van der Waals surface area contributed by atoms with E-state index in [4.69, 9.17) is 4.98 Å². The van der Waals surface area contributed by atoms with Gasteiger partial charge in [0.1, 0.15) is 5.54 Å². The predicted octanol–water partition coefficient (Wildman–Crippen LogP) is 4.31. The topological polar surface area (TPSA) is 42.3 Å². The van der Waals surface area contributed by atoms with Gasteiger partial charge in [-0.1, -0.05) is 32.9 Å². The first-order valence-corrected chi connectivity index (χ1v) is 7.77. The molecule has 2 aromatic rings. The Balaban J connectivity index is 2.21. The Hall–Kier alpha value is -1.51. The summed E-state index contributed by atoms with van der Waals surface area (Å²) in [6.07, 6.45) is 4.71. The molecule has 0 spiro atoms. The number of hydrogen-bond acceptors (Lipinski definition) is 4. The maximum Gasteiger partial charge on any atom is 0.235 e. The monoisotopic (exact) mass is 286 g/mol. The van der Waals surface area contributed by atoms with Crippen molar-refractivity contribution in [1.29, 1.82) is 0 Å². The summed E-state index contributed by atoms with van der Waals surface area (Å²) >= 11 is 1.74. The molecule has 1 aromatic heterocycles. The number of fused-ring (bicyclic) bond motifs is 1. The largest absolute Gasteiger partial charge is 0.240 e. The van der Waals surface area contributed by atoms with Crippen LogP contribution in [-0.2, 0) is 15.7 Å². The van der Waals surface area contributed by atoms with Gasteiger partial charge in [-0.15, -0.1) is 11.3 Å². The summed E-state index contributed by atoms with van der Waals surface area (Å²) in [5, 5.41) is 1.13. The van der Waals surface area contributed by atoms with Crippen LogP contribution in [0.25, 0.3) is 10.2 Å². The van der Waals surface area contributed by atoms with Crippen LogP contribution in [0.5, 0.6) is 0 Å². The summed E-state index contributed by atoms with van der Waals surface area (Å²) < 4.78 is 1.18. The molecule has 0 N–H and O–H groups in total. The molecule has 104 valence electrons. The number of benzene rings is 1. The molecule has 0 radical (unpaired) electrons. The SMILES string of the molecule is CC(C)(C)c1nc2c(C3(N=C=O)CCC3)cccc2s1. The third kappa shape index (κ3) is 2.00. The zero-order valence-corrected chi connectivity index (χ0v) is 12.9. The molecule has 1 heterocycles. The Labute approximate surface area is 122 Å². The van der Waals surface area contributed by atoms with Gasteiger partial charge in [0, 0.05) is 11.0 Å². The average molecular weight is 286 g/mol. The zero-order chi connectivity index (χ0) is 14.4. The number of nitrogens with zero attached hydrogens (tertiary/aromatic N) is 2. The molecule has 1 aliphatic rings. The smallest absolute Gasteiger partial charge is 0.235 e. The zero-order valence-electron chi connectivity index (χ0n) is 12.1. The van der Waals surface area contributed by atoms with Crippen LogP contribution in [0.15, 0.2) is 23.2 Å². The van der Waals surface area contributed by atoms with Gasteiger partial charge in [-0.2, -0.15) is 4.99 Å². The van der Waals surface area contributed by atoms with Crippen molar-refractivity contribution < 1.29 is 4.79 Å². The Morgan fingerprint density at radius 3 is 2.65 bits per heavy atom. The third-order valence-electron chi connectivity index (χ3n) is 4.00. The lowest BCUT2D eigenvalue weighted by Crippen LogP contribution is -2.32. The maximum atomic E-state index is 10.8. The number of aromatic nitrogens is 1. The van der Waals surface area contributed by atoms with Crippen molar-refractivity contribution in [1.82, 2.24) is 4.98 Å². The summed E-state index contributed by atoms with van der Waals surface area (Å²) in [5.41, 5.74) is 1.78. The molecule has 1 saturated carbocycles. The summed E-state index contributed by atoms with van der Waals surface area (Å²) in [6.45, 7) is 6.52. The Bertz CT molecular complexity index is 701. The second-order valence-electron chi connectivity index (χ2n) is 6.51. The second-order valence-corrected chi connectivity index (χ2v) is 7.54. The fraction of sp³-hybridized carbons (Fsp3) is 0.500. The van der Waals surface area contributed by atoms with Crippen molar-refractivity contribution in [2.45, 2.75) is 51.0 Å². The van der Waals surface area contributed by atoms with Gasteiger partial charge in [0.15, 0.2) is 0 Å². The first kappa shape index (κ1) is 13.5. The minimum absolute atomic E-state index is 0.0433. The highest BCUT2D eigenvalue weighted by Crippen LogP contribution is 2.47. The van der Waals surface area contributed by atoms with Crippen LogP contribution in [0.3, 0.4) is 0 Å². The standard InChI is InChI=1S/C16H18N2OS/c1-15(2,3)14-18-13-11(6-4-7-12(13)20-14)16(17-10-19)8-5-9-16/h4,6-7H,5,8-9H2,1-3H3. The predicted molar refractivity (Wildman–Crippen MR) is 82.0 cm³/mol. The van der Waals surface area contributed by atoms with Gasteiger partial charge in [0.2, 0.25) is 6.08 Å². The summed E-state index contributed by atoms with van der Waals surface area (Å²) in [7, 11) is 0. The fourth-order valence-corrected chi connectivity index (χ4v) is 3.74. The van der Waals surface area contributed by atoms with Gasteiger partial charge in [-0.05, 0) is 25.3 Å². The lowest BCUT2D eigenvalue weighted by molar-refractivity contribution is 0.258. The van der Waals surface area contributed by atoms with Gasteiger partial charge in [-0.25, -0.2) is 9.78 Å². The highest BCUT2D eigenvalue weighted by Gasteiger charge is 2.40. The molecule has 1 aromatic carbocycles. The van der Waals surface area contributed by atoms with E-state index in [1.165, 1.54) is 4.70 Å². The molecule has 1 fully saturated rings. The molecule has 4 heteroatoms. The van der Waals surface area contributed by atoms with Crippen LogP contribution in [-0.4, -0.2) is 11.1 Å². The molecule has 3 rings (SSSR count). The van der Waals surface area contributed by atoms with Crippen LogP contribution in [0.2, 0.25) is 0 Å². The fourth-order valence-electron chi connectivity index (χ4n) is 2.69. The second kappa shape index (κ2) is 4.51. The Morgan fingerprint density at radius 1 is 1.35 bits per heavy atom. The molecular formula is C16H18N2OS. The van der Waals surface area contributed by atoms with Crippen LogP contribution >= 0.6 is 11.3 Å². The van der Waals surface area contributed by atoms with E-state index in [0.717, 1.165) is 35.4 Å². The molecule has 0 unspecified atom stereocenters. The number of carbonyl (C=O) groups excluding carboxylic acids is 1. The highest BCUT2D eigenvalue weighted by atomic mass is 32.1. The van der Waals surface area contributed by atoms with Crippen LogP contribution < -0.4 is 0 Å². The van der Waals surface area contributed by atoms with E-state index in [-0.39, 0.29) is 11.0 Å². The van der Waals surface area contributed by atoms with Crippen molar-refractivity contribution in [3.63, 3.8) is 0 Å².